The number of aliphatic carboxylic acids is 1. The summed E-state index contributed by atoms with van der Waals surface area (Å²) in [5, 5.41) is 14.3. The van der Waals surface area contributed by atoms with Gasteiger partial charge in [-0.1, -0.05) is 13.3 Å². The number of carboxylic acid groups (broad SMARTS) is 1. The molecule has 1 fully saturated rings. The molecule has 7 nitrogen and oxygen atoms in total. The van der Waals surface area contributed by atoms with Crippen LogP contribution in [-0.4, -0.2) is 53.6 Å². The summed E-state index contributed by atoms with van der Waals surface area (Å²) in [6.45, 7) is 5.48. The van der Waals surface area contributed by atoms with Gasteiger partial charge in [-0.25, -0.2) is 4.79 Å². The average Bonchev–Trinajstić information content (AvgIpc) is 2.51. The van der Waals surface area contributed by atoms with Crippen LogP contribution in [0, 0.1) is 5.92 Å². The highest BCUT2D eigenvalue weighted by atomic mass is 16.4. The monoisotopic (exact) mass is 327 g/mol. The molecule has 1 aliphatic rings. The molecule has 1 saturated heterocycles. The van der Waals surface area contributed by atoms with E-state index in [4.69, 9.17) is 5.11 Å². The normalized spacial score (nSPS) is 19.0. The van der Waals surface area contributed by atoms with Crippen molar-refractivity contribution in [2.45, 2.75) is 58.4 Å². The molecule has 1 aliphatic heterocycles. The van der Waals surface area contributed by atoms with Crippen LogP contribution in [0.1, 0.15) is 52.4 Å². The van der Waals surface area contributed by atoms with Crippen LogP contribution in [0.15, 0.2) is 0 Å². The van der Waals surface area contributed by atoms with Crippen molar-refractivity contribution in [2.75, 3.05) is 19.6 Å². The van der Waals surface area contributed by atoms with Crippen LogP contribution in [0.5, 0.6) is 0 Å². The highest BCUT2D eigenvalue weighted by Gasteiger charge is 2.28. The SMILES string of the molecule is CCCC(C)NC(=O)C1CCCN(C(=O)NCCCC(=O)O)C1. The number of carbonyl (C=O) groups is 3. The number of carbonyl (C=O) groups excluding carboxylic acids is 2. The molecule has 2 unspecified atom stereocenters. The smallest absolute Gasteiger partial charge is 0.317 e. The minimum absolute atomic E-state index is 0.0225. The molecule has 0 bridgehead atoms. The van der Waals surface area contributed by atoms with Gasteiger partial charge in [0.2, 0.25) is 5.91 Å². The molecule has 0 aliphatic carbocycles. The number of rotatable bonds is 8. The lowest BCUT2D eigenvalue weighted by Crippen LogP contribution is -2.50. The molecule has 1 rings (SSSR count). The predicted octanol–water partition coefficient (Wildman–Crippen LogP) is 1.58. The molecule has 0 spiro atoms. The first-order valence-electron chi connectivity index (χ1n) is 8.49. The van der Waals surface area contributed by atoms with Gasteiger partial charge in [0.05, 0.1) is 5.92 Å². The van der Waals surface area contributed by atoms with Gasteiger partial charge in [-0.05, 0) is 32.6 Å². The quantitative estimate of drug-likeness (QED) is 0.589. The Balaban J connectivity index is 2.36. The molecule has 132 valence electrons. The third-order valence-electron chi connectivity index (χ3n) is 4.03. The maximum absolute atomic E-state index is 12.3. The summed E-state index contributed by atoms with van der Waals surface area (Å²) in [7, 11) is 0. The number of piperidine rings is 1. The second-order valence-electron chi connectivity index (χ2n) is 6.21. The van der Waals surface area contributed by atoms with Crippen LogP contribution >= 0.6 is 0 Å². The number of amides is 3. The van der Waals surface area contributed by atoms with Gasteiger partial charge in [0.1, 0.15) is 0 Å². The third-order valence-corrected chi connectivity index (χ3v) is 4.03. The van der Waals surface area contributed by atoms with Gasteiger partial charge >= 0.3 is 12.0 Å². The summed E-state index contributed by atoms with van der Waals surface area (Å²) in [6, 6.07) is -0.0535. The summed E-state index contributed by atoms with van der Waals surface area (Å²) < 4.78 is 0. The topological polar surface area (TPSA) is 98.7 Å². The first kappa shape index (κ1) is 19.3. The van der Waals surface area contributed by atoms with E-state index in [1.54, 1.807) is 4.90 Å². The van der Waals surface area contributed by atoms with Crippen molar-refractivity contribution in [3.8, 4) is 0 Å². The lowest BCUT2D eigenvalue weighted by atomic mass is 9.97. The first-order valence-corrected chi connectivity index (χ1v) is 8.49. The molecule has 3 amide bonds. The van der Waals surface area contributed by atoms with Crippen LogP contribution in [0.2, 0.25) is 0 Å². The second kappa shape index (κ2) is 10.1. The van der Waals surface area contributed by atoms with Crippen molar-refractivity contribution in [3.63, 3.8) is 0 Å². The Morgan fingerprint density at radius 2 is 2.09 bits per heavy atom. The molecule has 3 N–H and O–H groups in total. The number of hydrogen-bond donors (Lipinski definition) is 3. The maximum Gasteiger partial charge on any atom is 0.317 e. The van der Waals surface area contributed by atoms with E-state index < -0.39 is 5.97 Å². The van der Waals surface area contributed by atoms with E-state index in [1.807, 2.05) is 6.92 Å². The van der Waals surface area contributed by atoms with Gasteiger partial charge in [0.25, 0.3) is 0 Å². The van der Waals surface area contributed by atoms with E-state index in [-0.39, 0.29) is 30.3 Å². The zero-order chi connectivity index (χ0) is 17.2. The molecule has 7 heteroatoms. The molecule has 0 aromatic heterocycles. The van der Waals surface area contributed by atoms with Gasteiger partial charge in [0.15, 0.2) is 0 Å². The Bertz CT molecular complexity index is 414. The number of carboxylic acids is 1. The molecule has 0 saturated carbocycles. The van der Waals surface area contributed by atoms with Gasteiger partial charge in [-0.3, -0.25) is 9.59 Å². The summed E-state index contributed by atoms with van der Waals surface area (Å²) in [4.78, 5) is 36.4. The minimum Gasteiger partial charge on any atom is -0.481 e. The highest BCUT2D eigenvalue weighted by molar-refractivity contribution is 5.81. The van der Waals surface area contributed by atoms with Crippen LogP contribution in [0.4, 0.5) is 4.79 Å². The predicted molar refractivity (Wildman–Crippen MR) is 87.1 cm³/mol. The van der Waals surface area contributed by atoms with Gasteiger partial charge in [0, 0.05) is 32.1 Å². The van der Waals surface area contributed by atoms with E-state index in [0.717, 1.165) is 25.7 Å². The largest absolute Gasteiger partial charge is 0.481 e. The van der Waals surface area contributed by atoms with Crippen molar-refractivity contribution in [1.82, 2.24) is 15.5 Å². The molecule has 2 atom stereocenters. The second-order valence-corrected chi connectivity index (χ2v) is 6.21. The summed E-state index contributed by atoms with van der Waals surface area (Å²) in [5.41, 5.74) is 0. The molecule has 0 aromatic rings. The number of nitrogens with one attached hydrogen (secondary N) is 2. The lowest BCUT2D eigenvalue weighted by molar-refractivity contribution is -0.137. The van der Waals surface area contributed by atoms with Crippen molar-refractivity contribution in [3.05, 3.63) is 0 Å². The van der Waals surface area contributed by atoms with Gasteiger partial charge < -0.3 is 20.6 Å². The fraction of sp³-hybridized carbons (Fsp3) is 0.812. The van der Waals surface area contributed by atoms with Gasteiger partial charge in [-0.15, -0.1) is 0 Å². The van der Waals surface area contributed by atoms with E-state index in [0.29, 0.717) is 26.1 Å². The van der Waals surface area contributed by atoms with Crippen molar-refractivity contribution in [1.29, 1.82) is 0 Å². The van der Waals surface area contributed by atoms with Gasteiger partial charge in [-0.2, -0.15) is 0 Å². The van der Waals surface area contributed by atoms with E-state index in [1.165, 1.54) is 0 Å². The molecular weight excluding hydrogens is 298 g/mol. The van der Waals surface area contributed by atoms with Crippen LogP contribution in [-0.2, 0) is 9.59 Å². The van der Waals surface area contributed by atoms with Crippen molar-refractivity contribution >= 4 is 17.9 Å². The molecule has 0 radical (unpaired) electrons. The summed E-state index contributed by atoms with van der Waals surface area (Å²) >= 11 is 0. The summed E-state index contributed by atoms with van der Waals surface area (Å²) in [6.07, 6.45) is 4.04. The standard InChI is InChI=1S/C16H29N3O4/c1-3-6-12(2)18-15(22)13-7-5-10-19(11-13)16(23)17-9-4-8-14(20)21/h12-13H,3-11H2,1-2H3,(H,17,23)(H,18,22)(H,20,21). The Kier molecular flexibility index (Phi) is 8.43. The highest BCUT2D eigenvalue weighted by Crippen LogP contribution is 2.17. The summed E-state index contributed by atoms with van der Waals surface area (Å²) in [5.74, 6) is -1.00. The zero-order valence-corrected chi connectivity index (χ0v) is 14.1. The minimum atomic E-state index is -0.866. The average molecular weight is 327 g/mol. The number of hydrogen-bond acceptors (Lipinski definition) is 3. The number of nitrogens with zero attached hydrogens (tertiary/aromatic N) is 1. The Morgan fingerprint density at radius 3 is 2.74 bits per heavy atom. The number of urea groups is 1. The third kappa shape index (κ3) is 7.34. The van der Waals surface area contributed by atoms with Crippen molar-refractivity contribution < 1.29 is 19.5 Å². The molecule has 0 aromatic carbocycles. The van der Waals surface area contributed by atoms with E-state index >= 15 is 0 Å². The van der Waals surface area contributed by atoms with E-state index in [9.17, 15) is 14.4 Å². The maximum atomic E-state index is 12.3. The van der Waals surface area contributed by atoms with Crippen molar-refractivity contribution in [2.24, 2.45) is 5.92 Å². The zero-order valence-electron chi connectivity index (χ0n) is 14.1. The fourth-order valence-electron chi connectivity index (χ4n) is 2.79. The Morgan fingerprint density at radius 1 is 1.35 bits per heavy atom. The molecular formula is C16H29N3O4. The first-order chi connectivity index (χ1) is 10.9. The molecule has 23 heavy (non-hydrogen) atoms. The molecule has 1 heterocycles. The Hall–Kier alpha value is -1.79. The number of likely N-dealkylation sites (tertiary alicyclic amines) is 1. The van der Waals surface area contributed by atoms with Crippen LogP contribution in [0.25, 0.3) is 0 Å². The van der Waals surface area contributed by atoms with Crippen LogP contribution in [0.3, 0.4) is 0 Å². The fourth-order valence-corrected chi connectivity index (χ4v) is 2.79. The lowest BCUT2D eigenvalue weighted by Gasteiger charge is -2.32. The van der Waals surface area contributed by atoms with E-state index in [2.05, 4.69) is 17.6 Å². The Labute approximate surface area is 137 Å². The van der Waals surface area contributed by atoms with Crippen LogP contribution < -0.4 is 10.6 Å².